The van der Waals surface area contributed by atoms with E-state index in [4.69, 9.17) is 11.6 Å². The molecule has 0 amide bonds. The molecule has 0 atom stereocenters. The molecule has 1 aliphatic carbocycles. The summed E-state index contributed by atoms with van der Waals surface area (Å²) in [6.07, 6.45) is 1.94. The van der Waals surface area contributed by atoms with E-state index in [1.54, 1.807) is 6.07 Å². The fraction of sp³-hybridized carbons (Fsp3) is 0.250. The van der Waals surface area contributed by atoms with Crippen LogP contribution in [0.25, 0.3) is 0 Å². The molecular weight excluding hydrogens is 280 g/mol. The zero-order chi connectivity index (χ0) is 14.1. The first-order chi connectivity index (χ1) is 9.61. The highest BCUT2D eigenvalue weighted by Gasteiger charge is 2.30. The summed E-state index contributed by atoms with van der Waals surface area (Å²) in [5.41, 5.74) is 1.86. The van der Waals surface area contributed by atoms with E-state index in [2.05, 4.69) is 11.4 Å². The second-order valence-electron chi connectivity index (χ2n) is 5.19. The number of halogens is 3. The van der Waals surface area contributed by atoms with Crippen molar-refractivity contribution in [2.24, 2.45) is 0 Å². The van der Waals surface area contributed by atoms with Gasteiger partial charge in [0.25, 0.3) is 0 Å². The molecule has 1 nitrogen and oxygen atoms in total. The first-order valence-electron chi connectivity index (χ1n) is 6.59. The van der Waals surface area contributed by atoms with Gasteiger partial charge in [-0.05, 0) is 48.6 Å². The maximum Gasteiger partial charge on any atom is 0.160 e. The Morgan fingerprint density at radius 1 is 1.00 bits per heavy atom. The smallest absolute Gasteiger partial charge is 0.160 e. The van der Waals surface area contributed by atoms with Crippen molar-refractivity contribution < 1.29 is 8.78 Å². The van der Waals surface area contributed by atoms with Crippen LogP contribution in [0.15, 0.2) is 42.5 Å². The van der Waals surface area contributed by atoms with Crippen LogP contribution in [-0.2, 0) is 0 Å². The van der Waals surface area contributed by atoms with E-state index in [1.165, 1.54) is 11.6 Å². The van der Waals surface area contributed by atoms with Crippen LogP contribution < -0.4 is 5.32 Å². The summed E-state index contributed by atoms with van der Waals surface area (Å²) in [4.78, 5) is 0. The van der Waals surface area contributed by atoms with E-state index in [1.807, 2.05) is 18.2 Å². The highest BCUT2D eigenvalue weighted by molar-refractivity contribution is 6.30. The third-order valence-corrected chi connectivity index (χ3v) is 3.98. The van der Waals surface area contributed by atoms with Crippen molar-refractivity contribution in [3.8, 4) is 0 Å². The van der Waals surface area contributed by atoms with Gasteiger partial charge >= 0.3 is 0 Å². The molecule has 2 aromatic carbocycles. The van der Waals surface area contributed by atoms with Gasteiger partial charge in [-0.15, -0.1) is 0 Å². The molecule has 1 N–H and O–H groups in total. The zero-order valence-corrected chi connectivity index (χ0v) is 11.5. The number of benzene rings is 2. The van der Waals surface area contributed by atoms with E-state index >= 15 is 0 Å². The van der Waals surface area contributed by atoms with Gasteiger partial charge in [0, 0.05) is 22.8 Å². The van der Waals surface area contributed by atoms with Crippen molar-refractivity contribution in [3.63, 3.8) is 0 Å². The zero-order valence-electron chi connectivity index (χ0n) is 10.7. The number of hydrogen-bond acceptors (Lipinski definition) is 1. The molecule has 0 spiro atoms. The number of anilines is 1. The Morgan fingerprint density at radius 2 is 1.80 bits per heavy atom. The summed E-state index contributed by atoms with van der Waals surface area (Å²) in [7, 11) is 0. The normalized spacial score (nSPS) is 21.4. The Bertz CT molecular complexity index is 624. The average molecular weight is 294 g/mol. The van der Waals surface area contributed by atoms with Crippen LogP contribution in [-0.4, -0.2) is 6.04 Å². The van der Waals surface area contributed by atoms with Crippen molar-refractivity contribution in [3.05, 3.63) is 64.7 Å². The standard InChI is InChI=1S/C16H14ClF2N/c17-12-3-1-2-10(6-12)11-7-14(8-11)20-13-4-5-15(18)16(19)9-13/h1-6,9,11,14,20H,7-8H2. The van der Waals surface area contributed by atoms with E-state index in [0.717, 1.165) is 23.9 Å². The Kier molecular flexibility index (Phi) is 3.62. The molecule has 0 aliphatic heterocycles. The van der Waals surface area contributed by atoms with Crippen LogP contribution in [0.2, 0.25) is 5.02 Å². The van der Waals surface area contributed by atoms with Crippen molar-refractivity contribution in [1.29, 1.82) is 0 Å². The lowest BCUT2D eigenvalue weighted by atomic mass is 9.76. The molecule has 4 heteroatoms. The van der Waals surface area contributed by atoms with Gasteiger partial charge in [-0.25, -0.2) is 8.78 Å². The molecule has 20 heavy (non-hydrogen) atoms. The second-order valence-corrected chi connectivity index (χ2v) is 5.63. The van der Waals surface area contributed by atoms with Crippen LogP contribution in [0, 0.1) is 11.6 Å². The van der Waals surface area contributed by atoms with Gasteiger partial charge in [0.2, 0.25) is 0 Å². The van der Waals surface area contributed by atoms with E-state index in [9.17, 15) is 8.78 Å². The fourth-order valence-corrected chi connectivity index (χ4v) is 2.79. The van der Waals surface area contributed by atoms with Crippen LogP contribution >= 0.6 is 11.6 Å². The van der Waals surface area contributed by atoms with Crippen molar-refractivity contribution in [2.75, 3.05) is 5.32 Å². The lowest BCUT2D eigenvalue weighted by Gasteiger charge is -2.37. The average Bonchev–Trinajstić information content (AvgIpc) is 2.37. The van der Waals surface area contributed by atoms with Crippen LogP contribution in [0.3, 0.4) is 0 Å². The lowest BCUT2D eigenvalue weighted by molar-refractivity contribution is 0.374. The van der Waals surface area contributed by atoms with Crippen LogP contribution in [0.4, 0.5) is 14.5 Å². The molecule has 1 aliphatic rings. The van der Waals surface area contributed by atoms with E-state index in [0.29, 0.717) is 17.6 Å². The van der Waals surface area contributed by atoms with E-state index in [-0.39, 0.29) is 0 Å². The van der Waals surface area contributed by atoms with Crippen LogP contribution in [0.1, 0.15) is 24.3 Å². The summed E-state index contributed by atoms with van der Waals surface area (Å²) >= 11 is 5.98. The summed E-state index contributed by atoms with van der Waals surface area (Å²) in [6, 6.07) is 12.1. The van der Waals surface area contributed by atoms with Gasteiger partial charge in [0.1, 0.15) is 0 Å². The van der Waals surface area contributed by atoms with Crippen LogP contribution in [0.5, 0.6) is 0 Å². The highest BCUT2D eigenvalue weighted by Crippen LogP contribution is 2.39. The molecule has 0 aromatic heterocycles. The second kappa shape index (κ2) is 5.41. The third kappa shape index (κ3) is 2.78. The molecule has 0 radical (unpaired) electrons. The molecule has 104 valence electrons. The first kappa shape index (κ1) is 13.4. The Hall–Kier alpha value is -1.61. The minimum absolute atomic E-state index is 0.295. The quantitative estimate of drug-likeness (QED) is 0.842. The monoisotopic (exact) mass is 293 g/mol. The summed E-state index contributed by atoms with van der Waals surface area (Å²) in [5.74, 6) is -1.15. The van der Waals surface area contributed by atoms with Gasteiger partial charge in [-0.1, -0.05) is 23.7 Å². The van der Waals surface area contributed by atoms with Crippen molar-refractivity contribution in [2.45, 2.75) is 24.8 Å². The molecule has 2 aromatic rings. The molecule has 0 unspecified atom stereocenters. The Labute approximate surface area is 121 Å². The van der Waals surface area contributed by atoms with Crippen molar-refractivity contribution >= 4 is 17.3 Å². The van der Waals surface area contributed by atoms with E-state index < -0.39 is 11.6 Å². The lowest BCUT2D eigenvalue weighted by Crippen LogP contribution is -2.34. The van der Waals surface area contributed by atoms with Gasteiger partial charge < -0.3 is 5.32 Å². The summed E-state index contributed by atoms with van der Waals surface area (Å²) in [6.45, 7) is 0. The molecule has 0 heterocycles. The molecular formula is C16H14ClF2N. The topological polar surface area (TPSA) is 12.0 Å². The SMILES string of the molecule is Fc1ccc(NC2CC(c3cccc(Cl)c3)C2)cc1F. The largest absolute Gasteiger partial charge is 0.382 e. The fourth-order valence-electron chi connectivity index (χ4n) is 2.59. The summed E-state index contributed by atoms with van der Waals surface area (Å²) < 4.78 is 25.9. The first-order valence-corrected chi connectivity index (χ1v) is 6.96. The minimum atomic E-state index is -0.819. The molecule has 1 saturated carbocycles. The van der Waals surface area contributed by atoms with Gasteiger partial charge in [-0.3, -0.25) is 0 Å². The third-order valence-electron chi connectivity index (χ3n) is 3.75. The summed E-state index contributed by atoms with van der Waals surface area (Å²) in [5, 5.41) is 3.97. The van der Waals surface area contributed by atoms with Gasteiger partial charge in [-0.2, -0.15) is 0 Å². The molecule has 0 saturated heterocycles. The maximum absolute atomic E-state index is 13.1. The Balaban J connectivity index is 1.59. The highest BCUT2D eigenvalue weighted by atomic mass is 35.5. The number of nitrogens with one attached hydrogen (secondary N) is 1. The van der Waals surface area contributed by atoms with Gasteiger partial charge in [0.15, 0.2) is 11.6 Å². The maximum atomic E-state index is 13.1. The number of hydrogen-bond donors (Lipinski definition) is 1. The predicted octanol–water partition coefficient (Wildman–Crippen LogP) is 4.98. The van der Waals surface area contributed by atoms with Crippen molar-refractivity contribution in [1.82, 2.24) is 0 Å². The molecule has 0 bridgehead atoms. The minimum Gasteiger partial charge on any atom is -0.382 e. The number of rotatable bonds is 3. The molecule has 1 fully saturated rings. The Morgan fingerprint density at radius 3 is 2.50 bits per heavy atom. The molecule has 3 rings (SSSR count). The predicted molar refractivity (Wildman–Crippen MR) is 77.2 cm³/mol. The van der Waals surface area contributed by atoms with Gasteiger partial charge in [0.05, 0.1) is 0 Å².